The standard InChI is InChI=1S/C62H64BN3S/c1-14-62(11,12)42-26-32-52-48(37-42)63-56-53(65(43-28-23-39(24-29-43)59(2,3)4)57-47-36-41(61(8,9)10)27-33-55(47)67-58(57)63)20-17-21-54(56)66(52)51-31-25-40(60(5,6)7)35-45(51)38-22-30-50-46(34-38)44-18-15-16-19-49(44)64(50)13/h15-37H,14H2,1-13H3. The third-order valence-corrected chi connectivity index (χ3v) is 16.7. The molecule has 0 N–H and O–H groups in total. The maximum atomic E-state index is 2.62. The van der Waals surface area contributed by atoms with Gasteiger partial charge in [0.1, 0.15) is 0 Å². The first-order valence-corrected chi connectivity index (χ1v) is 25.2. The molecule has 2 aromatic heterocycles. The summed E-state index contributed by atoms with van der Waals surface area (Å²) in [6.45, 7) is 28.1. The summed E-state index contributed by atoms with van der Waals surface area (Å²) in [6.07, 6.45) is 1.05. The zero-order chi connectivity index (χ0) is 47.1. The number of rotatable bonds is 5. The van der Waals surface area contributed by atoms with Crippen LogP contribution in [0.1, 0.15) is 112 Å². The lowest BCUT2D eigenvalue weighted by Crippen LogP contribution is -2.60. The Hall–Kier alpha value is -6.04. The van der Waals surface area contributed by atoms with E-state index in [1.165, 1.54) is 115 Å². The topological polar surface area (TPSA) is 11.4 Å². The molecule has 2 aliphatic rings. The van der Waals surface area contributed by atoms with Gasteiger partial charge in [-0.3, -0.25) is 0 Å². The molecule has 9 aromatic rings. The second-order valence-corrected chi connectivity index (χ2v) is 24.3. The summed E-state index contributed by atoms with van der Waals surface area (Å²) >= 11 is 1.99. The number of nitrogens with zero attached hydrogens (tertiary/aromatic N) is 3. The lowest BCUT2D eigenvalue weighted by atomic mass is 9.36. The van der Waals surface area contributed by atoms with Crippen molar-refractivity contribution in [2.24, 2.45) is 7.05 Å². The maximum absolute atomic E-state index is 2.62. The molecule has 336 valence electrons. The van der Waals surface area contributed by atoms with Crippen LogP contribution in [0, 0.1) is 0 Å². The van der Waals surface area contributed by atoms with Gasteiger partial charge in [-0.2, -0.15) is 0 Å². The predicted octanol–water partition coefficient (Wildman–Crippen LogP) is 15.9. The Morgan fingerprint density at radius 3 is 1.81 bits per heavy atom. The summed E-state index contributed by atoms with van der Waals surface area (Å²) in [6, 6.07) is 54.5. The average Bonchev–Trinajstić information content (AvgIpc) is 3.82. The van der Waals surface area contributed by atoms with Crippen LogP contribution in [0.25, 0.3) is 43.0 Å². The molecule has 0 amide bonds. The van der Waals surface area contributed by atoms with E-state index < -0.39 is 0 Å². The molecular weight excluding hydrogens is 830 g/mol. The Bertz CT molecular complexity index is 3450. The van der Waals surface area contributed by atoms with Crippen LogP contribution in [-0.4, -0.2) is 11.3 Å². The fourth-order valence-electron chi connectivity index (χ4n) is 10.9. The summed E-state index contributed by atoms with van der Waals surface area (Å²) in [5, 5.41) is 3.90. The van der Waals surface area contributed by atoms with E-state index in [4.69, 9.17) is 0 Å². The fraction of sp³-hybridized carbons (Fsp3) is 0.290. The van der Waals surface area contributed by atoms with Gasteiger partial charge in [0.2, 0.25) is 0 Å². The van der Waals surface area contributed by atoms with Crippen LogP contribution in [0.15, 0.2) is 140 Å². The van der Waals surface area contributed by atoms with E-state index in [0.29, 0.717) is 0 Å². The Kier molecular flexibility index (Phi) is 9.73. The van der Waals surface area contributed by atoms with E-state index in [2.05, 4.69) is 244 Å². The molecule has 0 spiro atoms. The highest BCUT2D eigenvalue weighted by atomic mass is 32.1. The van der Waals surface area contributed by atoms with Crippen molar-refractivity contribution in [3.05, 3.63) is 162 Å². The summed E-state index contributed by atoms with van der Waals surface area (Å²) in [5.74, 6) is 0. The van der Waals surface area contributed by atoms with Gasteiger partial charge in [-0.05, 0) is 140 Å². The van der Waals surface area contributed by atoms with Crippen LogP contribution >= 0.6 is 11.3 Å². The Balaban J connectivity index is 1.23. The second-order valence-electron chi connectivity index (χ2n) is 23.2. The van der Waals surface area contributed by atoms with Crippen molar-refractivity contribution in [2.75, 3.05) is 9.80 Å². The maximum Gasteiger partial charge on any atom is 0.264 e. The molecule has 5 heteroatoms. The number of aromatic nitrogens is 1. The number of para-hydroxylation sites is 1. The molecule has 0 aliphatic carbocycles. The monoisotopic (exact) mass is 893 g/mol. The number of hydrogen-bond donors (Lipinski definition) is 0. The number of hydrogen-bond acceptors (Lipinski definition) is 3. The number of thiophene rings is 1. The Morgan fingerprint density at radius 2 is 1.10 bits per heavy atom. The highest BCUT2D eigenvalue weighted by Gasteiger charge is 2.46. The van der Waals surface area contributed by atoms with Crippen LogP contribution < -0.4 is 25.5 Å². The average molecular weight is 894 g/mol. The van der Waals surface area contributed by atoms with E-state index in [-0.39, 0.29) is 28.4 Å². The molecule has 3 nitrogen and oxygen atoms in total. The number of benzene rings is 7. The van der Waals surface area contributed by atoms with Crippen LogP contribution in [0.3, 0.4) is 0 Å². The zero-order valence-electron chi connectivity index (χ0n) is 41.8. The number of anilines is 6. The van der Waals surface area contributed by atoms with Crippen LogP contribution in [0.5, 0.6) is 0 Å². The number of fused-ring (bicyclic) bond motifs is 9. The van der Waals surface area contributed by atoms with Crippen molar-refractivity contribution >= 4 is 99.8 Å². The summed E-state index contributed by atoms with van der Waals surface area (Å²) in [7, 11) is 2.19. The van der Waals surface area contributed by atoms with Crippen LogP contribution in [0.2, 0.25) is 0 Å². The van der Waals surface area contributed by atoms with Gasteiger partial charge in [-0.1, -0.05) is 150 Å². The van der Waals surface area contributed by atoms with Gasteiger partial charge in [0.25, 0.3) is 6.71 Å². The molecule has 0 fully saturated rings. The van der Waals surface area contributed by atoms with E-state index in [1.807, 2.05) is 11.3 Å². The molecule has 0 bridgehead atoms. The predicted molar refractivity (Wildman–Crippen MR) is 295 cm³/mol. The van der Waals surface area contributed by atoms with Crippen LogP contribution in [0.4, 0.5) is 34.1 Å². The molecular formula is C62H64BN3S. The molecule has 11 rings (SSSR count). The van der Waals surface area contributed by atoms with Crippen LogP contribution in [-0.2, 0) is 28.7 Å². The van der Waals surface area contributed by atoms with E-state index in [0.717, 1.165) is 6.42 Å². The normalized spacial score (nSPS) is 14.0. The Morgan fingerprint density at radius 1 is 0.493 bits per heavy atom. The molecule has 0 radical (unpaired) electrons. The Labute approximate surface area is 403 Å². The smallest absolute Gasteiger partial charge is 0.264 e. The molecule has 0 saturated carbocycles. The van der Waals surface area contributed by atoms with Gasteiger partial charge in [-0.15, -0.1) is 11.3 Å². The van der Waals surface area contributed by atoms with E-state index in [9.17, 15) is 0 Å². The van der Waals surface area contributed by atoms with Crippen molar-refractivity contribution in [2.45, 2.75) is 111 Å². The summed E-state index contributed by atoms with van der Waals surface area (Å²) in [4.78, 5) is 5.24. The largest absolute Gasteiger partial charge is 0.344 e. The first-order valence-electron chi connectivity index (χ1n) is 24.4. The zero-order valence-corrected chi connectivity index (χ0v) is 42.6. The van der Waals surface area contributed by atoms with Crippen molar-refractivity contribution in [3.8, 4) is 11.1 Å². The molecule has 2 aliphatic heterocycles. The molecule has 7 aromatic carbocycles. The minimum atomic E-state index is -0.0399. The van der Waals surface area contributed by atoms with Crippen molar-refractivity contribution in [3.63, 3.8) is 0 Å². The lowest BCUT2D eigenvalue weighted by Gasteiger charge is -2.44. The first kappa shape index (κ1) is 43.5. The van der Waals surface area contributed by atoms with Gasteiger partial charge in [0.05, 0.1) is 11.4 Å². The third kappa shape index (κ3) is 6.81. The molecule has 0 atom stereocenters. The van der Waals surface area contributed by atoms with Crippen molar-refractivity contribution in [1.82, 2.24) is 4.57 Å². The van der Waals surface area contributed by atoms with Gasteiger partial charge in [-0.25, -0.2) is 0 Å². The number of aryl methyl sites for hydroxylation is 1. The minimum Gasteiger partial charge on any atom is -0.344 e. The molecule has 0 saturated heterocycles. The van der Waals surface area contributed by atoms with Crippen molar-refractivity contribution in [1.29, 1.82) is 0 Å². The highest BCUT2D eigenvalue weighted by Crippen LogP contribution is 2.51. The van der Waals surface area contributed by atoms with Gasteiger partial charge in [0.15, 0.2) is 0 Å². The fourth-order valence-corrected chi connectivity index (χ4v) is 12.2. The first-order chi connectivity index (χ1) is 31.7. The third-order valence-electron chi connectivity index (χ3n) is 15.4. The summed E-state index contributed by atoms with van der Waals surface area (Å²) in [5.41, 5.74) is 20.6. The lowest BCUT2D eigenvalue weighted by molar-refractivity contribution is 0.506. The van der Waals surface area contributed by atoms with Gasteiger partial charge in [0, 0.05) is 72.0 Å². The van der Waals surface area contributed by atoms with E-state index >= 15 is 0 Å². The quantitative estimate of drug-likeness (QED) is 0.160. The molecule has 67 heavy (non-hydrogen) atoms. The SMILES string of the molecule is CCC(C)(C)c1ccc2c(c1)B1c3sc4ccc(C(C)(C)C)cc4c3N(c3ccc(C(C)(C)C)cc3)c3cccc(c31)N2c1ccc(C(C)(C)C)cc1-c1ccc2c(c1)c1ccccc1n2C. The molecule has 4 heterocycles. The minimum absolute atomic E-state index is 0.00709. The summed E-state index contributed by atoms with van der Waals surface area (Å²) < 4.78 is 5.09. The second kappa shape index (κ2) is 15.0. The van der Waals surface area contributed by atoms with E-state index in [1.54, 1.807) is 0 Å². The van der Waals surface area contributed by atoms with Gasteiger partial charge < -0.3 is 14.4 Å². The van der Waals surface area contributed by atoms with Crippen molar-refractivity contribution < 1.29 is 0 Å². The molecule has 0 unspecified atom stereocenters. The van der Waals surface area contributed by atoms with Gasteiger partial charge >= 0.3 is 0 Å². The highest BCUT2D eigenvalue weighted by molar-refractivity contribution is 7.33.